The van der Waals surface area contributed by atoms with E-state index in [2.05, 4.69) is 39.7 Å². The van der Waals surface area contributed by atoms with Crippen molar-refractivity contribution in [3.8, 4) is 0 Å². The van der Waals surface area contributed by atoms with Gasteiger partial charge < -0.3 is 10.2 Å². The zero-order valence-corrected chi connectivity index (χ0v) is 10.2. The van der Waals surface area contributed by atoms with Crippen LogP contribution in [-0.4, -0.2) is 27.1 Å². The molecule has 4 N–H and O–H groups in total. The first-order chi connectivity index (χ1) is 7.58. The van der Waals surface area contributed by atoms with Gasteiger partial charge in [0.15, 0.2) is 0 Å². The second-order valence-corrected chi connectivity index (χ2v) is 3.74. The van der Waals surface area contributed by atoms with Gasteiger partial charge in [-0.1, -0.05) is 6.07 Å². The zero-order chi connectivity index (χ0) is 12.1. The molecule has 0 spiro atoms. The van der Waals surface area contributed by atoms with Crippen LogP contribution in [0.4, 0.5) is 11.4 Å². The van der Waals surface area contributed by atoms with Crippen molar-refractivity contribution in [2.45, 2.75) is 6.92 Å². The number of benzene rings is 1. The molecule has 88 valence electrons. The number of aliphatic imine (C=N–C) groups is 1. The van der Waals surface area contributed by atoms with Crippen LogP contribution >= 0.6 is 0 Å². The number of anilines is 2. The molecular weight excluding hydrogens is 202 g/mol. The highest BCUT2D eigenvalue weighted by Gasteiger charge is 2.03. The third-order valence-corrected chi connectivity index (χ3v) is 2.31. The van der Waals surface area contributed by atoms with Crippen LogP contribution in [0.1, 0.15) is 5.56 Å². The lowest BCUT2D eigenvalue weighted by Gasteiger charge is -2.17. The van der Waals surface area contributed by atoms with E-state index >= 15 is 0 Å². The first kappa shape index (κ1) is 12.3. The van der Waals surface area contributed by atoms with Gasteiger partial charge in [0.25, 0.3) is 0 Å². The highest BCUT2D eigenvalue weighted by molar-refractivity contribution is 5.93. The SMILES string of the molecule is CN=C(NN)Nc1ccc(C)c(N(C)C)c1. The van der Waals surface area contributed by atoms with E-state index in [1.165, 1.54) is 5.56 Å². The summed E-state index contributed by atoms with van der Waals surface area (Å²) in [5, 5.41) is 3.09. The van der Waals surface area contributed by atoms with E-state index in [4.69, 9.17) is 5.84 Å². The molecule has 0 heterocycles. The summed E-state index contributed by atoms with van der Waals surface area (Å²) in [5.74, 6) is 5.84. The lowest BCUT2D eigenvalue weighted by Crippen LogP contribution is -2.36. The summed E-state index contributed by atoms with van der Waals surface area (Å²) in [5.41, 5.74) is 5.83. The molecule has 5 heteroatoms. The number of nitrogens with zero attached hydrogens (tertiary/aromatic N) is 2. The van der Waals surface area contributed by atoms with Gasteiger partial charge in [-0.3, -0.25) is 10.4 Å². The number of hydrazine groups is 1. The molecule has 0 aliphatic rings. The van der Waals surface area contributed by atoms with Crippen LogP contribution in [0.25, 0.3) is 0 Å². The third-order valence-electron chi connectivity index (χ3n) is 2.31. The molecule has 0 saturated carbocycles. The number of hydrogen-bond donors (Lipinski definition) is 3. The Morgan fingerprint density at radius 1 is 1.38 bits per heavy atom. The first-order valence-electron chi connectivity index (χ1n) is 5.07. The maximum atomic E-state index is 5.31. The van der Waals surface area contributed by atoms with Crippen molar-refractivity contribution in [2.24, 2.45) is 10.8 Å². The summed E-state index contributed by atoms with van der Waals surface area (Å²) in [4.78, 5) is 6.02. The van der Waals surface area contributed by atoms with Crippen LogP contribution in [-0.2, 0) is 0 Å². The van der Waals surface area contributed by atoms with E-state index in [0.29, 0.717) is 5.96 Å². The molecule has 0 amide bonds. The van der Waals surface area contributed by atoms with E-state index in [0.717, 1.165) is 11.4 Å². The highest BCUT2D eigenvalue weighted by Crippen LogP contribution is 2.22. The van der Waals surface area contributed by atoms with E-state index in [9.17, 15) is 0 Å². The number of nitrogens with two attached hydrogens (primary N) is 1. The molecule has 0 bridgehead atoms. The maximum absolute atomic E-state index is 5.31. The number of rotatable bonds is 2. The minimum Gasteiger partial charge on any atom is -0.377 e. The number of hydrogen-bond acceptors (Lipinski definition) is 3. The Morgan fingerprint density at radius 2 is 2.06 bits per heavy atom. The largest absolute Gasteiger partial charge is 0.377 e. The van der Waals surface area contributed by atoms with Gasteiger partial charge >= 0.3 is 0 Å². The van der Waals surface area contributed by atoms with Crippen molar-refractivity contribution < 1.29 is 0 Å². The lowest BCUT2D eigenvalue weighted by molar-refractivity contribution is 1.01. The summed E-state index contributed by atoms with van der Waals surface area (Å²) in [6.45, 7) is 2.08. The van der Waals surface area contributed by atoms with Gasteiger partial charge in [0.1, 0.15) is 0 Å². The summed E-state index contributed by atoms with van der Waals surface area (Å²) in [6.07, 6.45) is 0. The second-order valence-electron chi connectivity index (χ2n) is 3.74. The topological polar surface area (TPSA) is 65.7 Å². The van der Waals surface area contributed by atoms with Crippen LogP contribution in [0.2, 0.25) is 0 Å². The number of aryl methyl sites for hydroxylation is 1. The van der Waals surface area contributed by atoms with Gasteiger partial charge in [0, 0.05) is 32.5 Å². The fourth-order valence-corrected chi connectivity index (χ4v) is 1.46. The molecule has 0 aromatic heterocycles. The van der Waals surface area contributed by atoms with Crippen LogP contribution in [0.5, 0.6) is 0 Å². The summed E-state index contributed by atoms with van der Waals surface area (Å²) in [7, 11) is 5.70. The quantitative estimate of drug-likeness (QED) is 0.301. The molecule has 0 aliphatic carbocycles. The monoisotopic (exact) mass is 221 g/mol. The van der Waals surface area contributed by atoms with Crippen LogP contribution in [0, 0.1) is 6.92 Å². The average Bonchev–Trinajstić information content (AvgIpc) is 2.27. The Kier molecular flexibility index (Phi) is 4.13. The van der Waals surface area contributed by atoms with Crippen molar-refractivity contribution in [2.75, 3.05) is 31.4 Å². The normalized spacial score (nSPS) is 11.2. The molecule has 0 fully saturated rings. The molecule has 16 heavy (non-hydrogen) atoms. The maximum Gasteiger partial charge on any atom is 0.209 e. The molecule has 0 atom stereocenters. The highest BCUT2D eigenvalue weighted by atomic mass is 15.3. The van der Waals surface area contributed by atoms with Gasteiger partial charge in [-0.25, -0.2) is 5.84 Å². The Labute approximate surface area is 96.3 Å². The van der Waals surface area contributed by atoms with Crippen LogP contribution < -0.4 is 21.5 Å². The number of guanidine groups is 1. The van der Waals surface area contributed by atoms with Gasteiger partial charge in [-0.2, -0.15) is 0 Å². The van der Waals surface area contributed by atoms with E-state index in [1.54, 1.807) is 7.05 Å². The van der Waals surface area contributed by atoms with E-state index in [1.807, 2.05) is 20.2 Å². The fourth-order valence-electron chi connectivity index (χ4n) is 1.46. The van der Waals surface area contributed by atoms with Gasteiger partial charge in [0.2, 0.25) is 5.96 Å². The minimum atomic E-state index is 0.536. The predicted octanol–water partition coefficient (Wildman–Crippen LogP) is 0.922. The first-order valence-corrected chi connectivity index (χ1v) is 5.07. The van der Waals surface area contributed by atoms with Crippen molar-refractivity contribution in [1.29, 1.82) is 0 Å². The molecule has 1 rings (SSSR count). The van der Waals surface area contributed by atoms with Crippen molar-refractivity contribution in [3.05, 3.63) is 23.8 Å². The summed E-state index contributed by atoms with van der Waals surface area (Å²) in [6, 6.07) is 6.10. The average molecular weight is 221 g/mol. The molecule has 0 aliphatic heterocycles. The Balaban J connectivity index is 2.95. The molecule has 1 aromatic carbocycles. The fraction of sp³-hybridized carbons (Fsp3) is 0.364. The lowest BCUT2D eigenvalue weighted by atomic mass is 10.1. The molecular formula is C11H19N5. The zero-order valence-electron chi connectivity index (χ0n) is 10.2. The van der Waals surface area contributed by atoms with Gasteiger partial charge in [0.05, 0.1) is 0 Å². The molecule has 0 unspecified atom stereocenters. The molecule has 5 nitrogen and oxygen atoms in total. The smallest absolute Gasteiger partial charge is 0.209 e. The van der Waals surface area contributed by atoms with Gasteiger partial charge in [-0.15, -0.1) is 0 Å². The molecule has 0 saturated heterocycles. The van der Waals surface area contributed by atoms with Crippen molar-refractivity contribution >= 4 is 17.3 Å². The van der Waals surface area contributed by atoms with Crippen LogP contribution in [0.15, 0.2) is 23.2 Å². The third kappa shape index (κ3) is 2.87. The van der Waals surface area contributed by atoms with Gasteiger partial charge in [-0.05, 0) is 24.6 Å². The van der Waals surface area contributed by atoms with E-state index in [-0.39, 0.29) is 0 Å². The minimum absolute atomic E-state index is 0.536. The molecule has 0 radical (unpaired) electrons. The molecule has 1 aromatic rings. The Morgan fingerprint density at radius 3 is 2.56 bits per heavy atom. The predicted molar refractivity (Wildman–Crippen MR) is 69.8 cm³/mol. The van der Waals surface area contributed by atoms with Crippen molar-refractivity contribution in [1.82, 2.24) is 5.43 Å². The number of nitrogens with one attached hydrogen (secondary N) is 2. The Bertz CT molecular complexity index is 384. The standard InChI is InChI=1S/C11H19N5/c1-8-5-6-9(7-10(8)16(3)4)14-11(13-2)15-12/h5-7H,12H2,1-4H3,(H2,13,14,15). The van der Waals surface area contributed by atoms with Crippen molar-refractivity contribution in [3.63, 3.8) is 0 Å². The Hall–Kier alpha value is -1.75. The summed E-state index contributed by atoms with van der Waals surface area (Å²) < 4.78 is 0. The summed E-state index contributed by atoms with van der Waals surface area (Å²) >= 11 is 0. The van der Waals surface area contributed by atoms with E-state index < -0.39 is 0 Å². The van der Waals surface area contributed by atoms with Crippen LogP contribution in [0.3, 0.4) is 0 Å². The second kappa shape index (κ2) is 5.37.